The zero-order valence-electron chi connectivity index (χ0n) is 16.7. The molecule has 0 bridgehead atoms. The van der Waals surface area contributed by atoms with E-state index in [2.05, 4.69) is 13.8 Å². The van der Waals surface area contributed by atoms with E-state index >= 15 is 0 Å². The number of nitrogens with zero attached hydrogens (tertiary/aromatic N) is 2. The summed E-state index contributed by atoms with van der Waals surface area (Å²) >= 11 is 0. The van der Waals surface area contributed by atoms with Crippen molar-refractivity contribution in [3.8, 4) is 0 Å². The molecule has 1 saturated heterocycles. The second kappa shape index (κ2) is 7.90. The standard InChI is InChI=1S/C23H28N2O3/c1-15-9-10-20-18(12-15)22(17-7-3-4-8-19(17)24-20)23(27)28-14-21(26)25-11-5-6-16(2)13-25/h3-4,7-8,15-16H,5-6,9-14H2,1-2H3. The van der Waals surface area contributed by atoms with Gasteiger partial charge in [-0.1, -0.05) is 32.0 Å². The fraction of sp³-hybridized carbons (Fsp3) is 0.522. The number of carbonyl (C=O) groups excluding carboxylic acids is 2. The molecule has 2 atom stereocenters. The van der Waals surface area contributed by atoms with Crippen molar-refractivity contribution in [1.82, 2.24) is 9.88 Å². The van der Waals surface area contributed by atoms with Crippen molar-refractivity contribution in [2.45, 2.75) is 46.0 Å². The molecular formula is C23H28N2O3. The van der Waals surface area contributed by atoms with Crippen LogP contribution in [0.1, 0.15) is 54.7 Å². The summed E-state index contributed by atoms with van der Waals surface area (Å²) in [4.78, 5) is 32.2. The molecular weight excluding hydrogens is 352 g/mol. The summed E-state index contributed by atoms with van der Waals surface area (Å²) in [6.07, 6.45) is 4.96. The summed E-state index contributed by atoms with van der Waals surface area (Å²) in [5.41, 5.74) is 3.42. The number of hydrogen-bond acceptors (Lipinski definition) is 4. The van der Waals surface area contributed by atoms with E-state index < -0.39 is 5.97 Å². The largest absolute Gasteiger partial charge is 0.452 e. The van der Waals surface area contributed by atoms with Gasteiger partial charge in [-0.25, -0.2) is 4.79 Å². The van der Waals surface area contributed by atoms with E-state index in [4.69, 9.17) is 9.72 Å². The maximum Gasteiger partial charge on any atom is 0.339 e. The predicted octanol–water partition coefficient (Wildman–Crippen LogP) is 3.77. The Morgan fingerprint density at radius 2 is 2.00 bits per heavy atom. The Morgan fingerprint density at radius 1 is 1.18 bits per heavy atom. The quantitative estimate of drug-likeness (QED) is 0.761. The molecule has 148 valence electrons. The number of carbonyl (C=O) groups is 2. The van der Waals surface area contributed by atoms with Gasteiger partial charge in [0.25, 0.3) is 5.91 Å². The summed E-state index contributed by atoms with van der Waals surface area (Å²) in [6, 6.07) is 7.71. The third-order valence-corrected chi connectivity index (χ3v) is 6.05. The third kappa shape index (κ3) is 3.75. The van der Waals surface area contributed by atoms with Crippen molar-refractivity contribution >= 4 is 22.8 Å². The van der Waals surface area contributed by atoms with Gasteiger partial charge in [-0.2, -0.15) is 0 Å². The molecule has 1 amide bonds. The first kappa shape index (κ1) is 18.9. The Balaban J connectivity index is 1.58. The predicted molar refractivity (Wildman–Crippen MR) is 108 cm³/mol. The van der Waals surface area contributed by atoms with Crippen LogP contribution in [0.2, 0.25) is 0 Å². The molecule has 0 spiro atoms. The van der Waals surface area contributed by atoms with Gasteiger partial charge in [-0.3, -0.25) is 9.78 Å². The first-order valence-electron chi connectivity index (χ1n) is 10.4. The minimum atomic E-state index is -0.401. The van der Waals surface area contributed by atoms with Gasteiger partial charge >= 0.3 is 5.97 Å². The normalized spacial score (nSPS) is 22.0. The number of piperidine rings is 1. The van der Waals surface area contributed by atoms with Crippen molar-refractivity contribution in [3.05, 3.63) is 41.1 Å². The van der Waals surface area contributed by atoms with Gasteiger partial charge in [-0.15, -0.1) is 0 Å². The van der Waals surface area contributed by atoms with Gasteiger partial charge in [0.05, 0.1) is 11.1 Å². The molecule has 1 aromatic carbocycles. The molecule has 2 heterocycles. The first-order valence-corrected chi connectivity index (χ1v) is 10.4. The second-order valence-electron chi connectivity index (χ2n) is 8.44. The molecule has 1 aromatic heterocycles. The lowest BCUT2D eigenvalue weighted by atomic mass is 9.84. The minimum Gasteiger partial charge on any atom is -0.452 e. The van der Waals surface area contributed by atoms with Crippen LogP contribution in [0.4, 0.5) is 0 Å². The van der Waals surface area contributed by atoms with Crippen molar-refractivity contribution in [2.24, 2.45) is 11.8 Å². The van der Waals surface area contributed by atoms with Gasteiger partial charge < -0.3 is 9.64 Å². The molecule has 1 aliphatic carbocycles. The monoisotopic (exact) mass is 380 g/mol. The number of benzene rings is 1. The van der Waals surface area contributed by atoms with E-state index in [0.29, 0.717) is 17.4 Å². The van der Waals surface area contributed by atoms with Crippen LogP contribution in [0.5, 0.6) is 0 Å². The van der Waals surface area contributed by atoms with Crippen molar-refractivity contribution in [1.29, 1.82) is 0 Å². The highest BCUT2D eigenvalue weighted by atomic mass is 16.5. The lowest BCUT2D eigenvalue weighted by molar-refractivity contribution is -0.136. The molecule has 1 aliphatic heterocycles. The topological polar surface area (TPSA) is 59.5 Å². The van der Waals surface area contributed by atoms with Crippen LogP contribution in [-0.2, 0) is 22.4 Å². The summed E-state index contributed by atoms with van der Waals surface area (Å²) in [7, 11) is 0. The Labute approximate surface area is 166 Å². The van der Waals surface area contributed by atoms with Gasteiger partial charge in [0, 0.05) is 24.2 Å². The van der Waals surface area contributed by atoms with Crippen molar-refractivity contribution in [3.63, 3.8) is 0 Å². The van der Waals surface area contributed by atoms with Crippen LogP contribution in [0.25, 0.3) is 10.9 Å². The molecule has 5 heteroatoms. The van der Waals surface area contributed by atoms with E-state index in [1.54, 1.807) is 0 Å². The average molecular weight is 380 g/mol. The number of fused-ring (bicyclic) bond motifs is 2. The molecule has 4 rings (SSSR count). The van der Waals surface area contributed by atoms with Gasteiger partial charge in [0.15, 0.2) is 6.61 Å². The van der Waals surface area contributed by atoms with E-state index in [-0.39, 0.29) is 12.5 Å². The molecule has 0 saturated carbocycles. The Hall–Kier alpha value is -2.43. The maximum absolute atomic E-state index is 13.1. The summed E-state index contributed by atoms with van der Waals surface area (Å²) < 4.78 is 5.53. The highest BCUT2D eigenvalue weighted by Crippen LogP contribution is 2.32. The number of pyridine rings is 1. The molecule has 2 unspecified atom stereocenters. The number of esters is 1. The van der Waals surface area contributed by atoms with Crippen LogP contribution in [-0.4, -0.2) is 41.5 Å². The van der Waals surface area contributed by atoms with Crippen molar-refractivity contribution < 1.29 is 14.3 Å². The lowest BCUT2D eigenvalue weighted by Crippen LogP contribution is -2.41. The lowest BCUT2D eigenvalue weighted by Gasteiger charge is -2.30. The molecule has 2 aromatic rings. The Kier molecular flexibility index (Phi) is 5.33. The number of rotatable bonds is 3. The third-order valence-electron chi connectivity index (χ3n) is 6.05. The summed E-state index contributed by atoms with van der Waals surface area (Å²) in [6.45, 7) is 5.68. The molecule has 0 N–H and O–H groups in total. The van der Waals surface area contributed by atoms with E-state index in [0.717, 1.165) is 67.4 Å². The Bertz CT molecular complexity index is 908. The maximum atomic E-state index is 13.1. The SMILES string of the molecule is CC1CCc2nc3ccccc3c(C(=O)OCC(=O)N3CCCC(C)C3)c2C1. The van der Waals surface area contributed by atoms with Crippen LogP contribution >= 0.6 is 0 Å². The van der Waals surface area contributed by atoms with Crippen molar-refractivity contribution in [2.75, 3.05) is 19.7 Å². The number of amides is 1. The number of ether oxygens (including phenoxy) is 1. The molecule has 1 fully saturated rings. The van der Waals surface area contributed by atoms with E-state index in [9.17, 15) is 9.59 Å². The van der Waals surface area contributed by atoms with Gasteiger partial charge in [0.1, 0.15) is 0 Å². The smallest absolute Gasteiger partial charge is 0.339 e. The minimum absolute atomic E-state index is 0.0968. The highest BCUT2D eigenvalue weighted by Gasteiger charge is 2.27. The van der Waals surface area contributed by atoms with Gasteiger partial charge in [-0.05, 0) is 55.6 Å². The second-order valence-corrected chi connectivity index (χ2v) is 8.44. The number of hydrogen-bond donors (Lipinski definition) is 0. The molecule has 5 nitrogen and oxygen atoms in total. The van der Waals surface area contributed by atoms with Crippen LogP contribution in [0, 0.1) is 11.8 Å². The number of aromatic nitrogens is 1. The molecule has 0 radical (unpaired) electrons. The number of likely N-dealkylation sites (tertiary alicyclic amines) is 1. The molecule has 28 heavy (non-hydrogen) atoms. The summed E-state index contributed by atoms with van der Waals surface area (Å²) in [5, 5.41) is 0.819. The van der Waals surface area contributed by atoms with Crippen LogP contribution < -0.4 is 0 Å². The fourth-order valence-electron chi connectivity index (χ4n) is 4.50. The van der Waals surface area contributed by atoms with E-state index in [1.165, 1.54) is 0 Å². The Morgan fingerprint density at radius 3 is 2.82 bits per heavy atom. The highest BCUT2D eigenvalue weighted by molar-refractivity contribution is 6.05. The fourth-order valence-corrected chi connectivity index (χ4v) is 4.50. The zero-order chi connectivity index (χ0) is 19.7. The molecule has 2 aliphatic rings. The first-order chi connectivity index (χ1) is 13.5. The number of para-hydroxylation sites is 1. The van der Waals surface area contributed by atoms with Gasteiger partial charge in [0.2, 0.25) is 0 Å². The summed E-state index contributed by atoms with van der Waals surface area (Å²) in [5.74, 6) is 0.521. The van der Waals surface area contributed by atoms with Crippen LogP contribution in [0.3, 0.4) is 0 Å². The number of aryl methyl sites for hydroxylation is 1. The van der Waals surface area contributed by atoms with Crippen LogP contribution in [0.15, 0.2) is 24.3 Å². The average Bonchev–Trinajstić information content (AvgIpc) is 2.70. The zero-order valence-corrected chi connectivity index (χ0v) is 16.7. The van der Waals surface area contributed by atoms with E-state index in [1.807, 2.05) is 29.2 Å².